The van der Waals surface area contributed by atoms with E-state index in [-0.39, 0.29) is 12.1 Å². The van der Waals surface area contributed by atoms with Crippen LogP contribution in [0.5, 0.6) is 0 Å². The van der Waals surface area contributed by atoms with Crippen molar-refractivity contribution in [3.05, 3.63) is 17.1 Å². The first-order valence-corrected chi connectivity index (χ1v) is 11.4. The van der Waals surface area contributed by atoms with Crippen LogP contribution in [0.3, 0.4) is 0 Å². The second-order valence-corrected chi connectivity index (χ2v) is 8.52. The number of urea groups is 1. The van der Waals surface area contributed by atoms with Gasteiger partial charge in [0.25, 0.3) is 0 Å². The predicted molar refractivity (Wildman–Crippen MR) is 119 cm³/mol. The van der Waals surface area contributed by atoms with E-state index in [2.05, 4.69) is 9.55 Å². The van der Waals surface area contributed by atoms with Gasteiger partial charge in [0.05, 0.1) is 24.8 Å². The molecule has 9 heteroatoms. The Morgan fingerprint density at radius 3 is 2.90 bits per heavy atom. The Balaban J connectivity index is 1.49. The topological polar surface area (TPSA) is 122 Å². The van der Waals surface area contributed by atoms with Crippen LogP contribution >= 0.6 is 0 Å². The molecule has 9 nitrogen and oxygen atoms in total. The van der Waals surface area contributed by atoms with Gasteiger partial charge in [-0.1, -0.05) is 0 Å². The van der Waals surface area contributed by atoms with E-state index in [4.69, 9.17) is 25.9 Å². The van der Waals surface area contributed by atoms with Crippen LogP contribution in [0.25, 0.3) is 11.0 Å². The van der Waals surface area contributed by atoms with Gasteiger partial charge in [-0.2, -0.15) is 0 Å². The number of imidazole rings is 1. The quantitative estimate of drug-likeness (QED) is 0.618. The Kier molecular flexibility index (Phi) is 6.92. The molecule has 1 aliphatic heterocycles. The zero-order valence-corrected chi connectivity index (χ0v) is 18.4. The highest BCUT2D eigenvalue weighted by Crippen LogP contribution is 2.32. The second-order valence-electron chi connectivity index (χ2n) is 8.52. The number of rotatable bonds is 8. The standard InChI is InChI=1S/C22H34N6O3/c1-30-12-9-18-26-19-20(16-7-2-3-8-17(16)25-21(19)23)28(18)10-5-4-6-15-14-27(22(24)29)11-13-31-15/h15H,2-14H2,1H3,(H2,23,25)(H2,24,29). The molecule has 170 valence electrons. The van der Waals surface area contributed by atoms with Crippen LogP contribution in [0.15, 0.2) is 0 Å². The molecule has 1 unspecified atom stereocenters. The first-order valence-electron chi connectivity index (χ1n) is 11.4. The number of nitrogen functional groups attached to an aromatic ring is 1. The van der Waals surface area contributed by atoms with Gasteiger partial charge in [-0.3, -0.25) is 0 Å². The van der Waals surface area contributed by atoms with Crippen molar-refractivity contribution in [2.75, 3.05) is 39.1 Å². The normalized spacial score (nSPS) is 19.0. The molecule has 2 aromatic rings. The molecule has 0 spiro atoms. The lowest BCUT2D eigenvalue weighted by Gasteiger charge is -2.31. The minimum atomic E-state index is -0.364. The number of morpholine rings is 1. The van der Waals surface area contributed by atoms with Gasteiger partial charge in [-0.15, -0.1) is 0 Å². The summed E-state index contributed by atoms with van der Waals surface area (Å²) < 4.78 is 13.5. The third-order valence-electron chi connectivity index (χ3n) is 6.41. The van der Waals surface area contributed by atoms with Crippen LogP contribution < -0.4 is 11.5 Å². The Bertz CT molecular complexity index is 928. The Labute approximate surface area is 183 Å². The lowest BCUT2D eigenvalue weighted by molar-refractivity contribution is -0.0178. The van der Waals surface area contributed by atoms with Crippen molar-refractivity contribution in [3.63, 3.8) is 0 Å². The number of ether oxygens (including phenoxy) is 2. The minimum absolute atomic E-state index is 0.0568. The monoisotopic (exact) mass is 430 g/mol. The van der Waals surface area contributed by atoms with E-state index < -0.39 is 0 Å². The van der Waals surface area contributed by atoms with Crippen molar-refractivity contribution in [3.8, 4) is 0 Å². The average Bonchev–Trinajstić information content (AvgIpc) is 3.15. The van der Waals surface area contributed by atoms with E-state index in [9.17, 15) is 4.79 Å². The van der Waals surface area contributed by atoms with Gasteiger partial charge >= 0.3 is 6.03 Å². The summed E-state index contributed by atoms with van der Waals surface area (Å²) in [5.41, 5.74) is 16.2. The zero-order chi connectivity index (χ0) is 21.8. The molecule has 4 N–H and O–H groups in total. The highest BCUT2D eigenvalue weighted by atomic mass is 16.5. The van der Waals surface area contributed by atoms with Crippen LogP contribution in [0.4, 0.5) is 10.6 Å². The van der Waals surface area contributed by atoms with Crippen LogP contribution in [0.1, 0.15) is 49.2 Å². The number of carbonyl (C=O) groups excluding carboxylic acids is 1. The molecule has 0 radical (unpaired) electrons. The molecule has 1 aliphatic carbocycles. The van der Waals surface area contributed by atoms with Crippen LogP contribution in [-0.2, 0) is 35.3 Å². The number of carbonyl (C=O) groups is 1. The van der Waals surface area contributed by atoms with Gasteiger partial charge in [0.2, 0.25) is 0 Å². The molecule has 4 rings (SSSR count). The number of methoxy groups -OCH3 is 1. The molecular weight excluding hydrogens is 396 g/mol. The minimum Gasteiger partial charge on any atom is -0.384 e. The van der Waals surface area contributed by atoms with Gasteiger partial charge in [-0.25, -0.2) is 14.8 Å². The van der Waals surface area contributed by atoms with Gasteiger partial charge in [0.1, 0.15) is 11.3 Å². The zero-order valence-electron chi connectivity index (χ0n) is 18.4. The Morgan fingerprint density at radius 2 is 2.10 bits per heavy atom. The van der Waals surface area contributed by atoms with Crippen molar-refractivity contribution in [1.29, 1.82) is 0 Å². The maximum absolute atomic E-state index is 11.4. The molecule has 2 aromatic heterocycles. The fourth-order valence-electron chi connectivity index (χ4n) is 4.81. The first-order chi connectivity index (χ1) is 15.1. The van der Waals surface area contributed by atoms with Crippen molar-refractivity contribution in [1.82, 2.24) is 19.4 Å². The summed E-state index contributed by atoms with van der Waals surface area (Å²) in [7, 11) is 1.71. The fourth-order valence-corrected chi connectivity index (χ4v) is 4.81. The first kappa shape index (κ1) is 21.8. The number of anilines is 1. The maximum Gasteiger partial charge on any atom is 0.314 e. The number of nitrogens with zero attached hydrogens (tertiary/aromatic N) is 4. The molecule has 2 amide bonds. The summed E-state index contributed by atoms with van der Waals surface area (Å²) in [5, 5.41) is 0. The summed E-state index contributed by atoms with van der Waals surface area (Å²) in [6.07, 6.45) is 8.09. The van der Waals surface area contributed by atoms with Crippen LogP contribution in [0, 0.1) is 0 Å². The van der Waals surface area contributed by atoms with E-state index in [0.717, 1.165) is 62.1 Å². The molecule has 1 atom stereocenters. The molecule has 2 aliphatic rings. The SMILES string of the molecule is COCCc1nc2c(N)nc3c(c2n1CCCCC1CN(C(N)=O)CCO1)CCCC3. The van der Waals surface area contributed by atoms with E-state index in [0.29, 0.717) is 32.1 Å². The molecule has 3 heterocycles. The number of amides is 2. The number of hydrogen-bond acceptors (Lipinski definition) is 6. The highest BCUT2D eigenvalue weighted by Gasteiger charge is 2.24. The van der Waals surface area contributed by atoms with Gasteiger partial charge in [0, 0.05) is 38.9 Å². The number of fused-ring (bicyclic) bond motifs is 3. The molecule has 0 saturated carbocycles. The van der Waals surface area contributed by atoms with Gasteiger partial charge in [0.15, 0.2) is 5.82 Å². The predicted octanol–water partition coefficient (Wildman–Crippen LogP) is 2.03. The number of aromatic nitrogens is 3. The molecule has 1 saturated heterocycles. The smallest absolute Gasteiger partial charge is 0.314 e. The number of primary amides is 1. The van der Waals surface area contributed by atoms with Crippen molar-refractivity contribution in [2.24, 2.45) is 5.73 Å². The number of nitrogens with two attached hydrogens (primary N) is 2. The number of pyridine rings is 1. The summed E-state index contributed by atoms with van der Waals surface area (Å²) >= 11 is 0. The fraction of sp³-hybridized carbons (Fsp3) is 0.682. The van der Waals surface area contributed by atoms with Gasteiger partial charge in [-0.05, 0) is 50.5 Å². The lowest BCUT2D eigenvalue weighted by Crippen LogP contribution is -2.47. The van der Waals surface area contributed by atoms with E-state index in [1.54, 1.807) is 12.0 Å². The maximum atomic E-state index is 11.4. The molecule has 0 bridgehead atoms. The summed E-state index contributed by atoms with van der Waals surface area (Å²) in [6, 6.07) is -0.364. The third kappa shape index (κ3) is 4.77. The molecule has 1 fully saturated rings. The molecular formula is C22H34N6O3. The van der Waals surface area contributed by atoms with E-state index in [1.807, 2.05) is 0 Å². The highest BCUT2D eigenvalue weighted by molar-refractivity contribution is 5.89. The van der Waals surface area contributed by atoms with Crippen molar-refractivity contribution >= 4 is 22.9 Å². The van der Waals surface area contributed by atoms with Gasteiger partial charge < -0.3 is 30.4 Å². The van der Waals surface area contributed by atoms with E-state index in [1.165, 1.54) is 23.9 Å². The Hall–Kier alpha value is -2.39. The largest absolute Gasteiger partial charge is 0.384 e. The van der Waals surface area contributed by atoms with E-state index >= 15 is 0 Å². The average molecular weight is 431 g/mol. The Morgan fingerprint density at radius 1 is 1.26 bits per heavy atom. The molecule has 31 heavy (non-hydrogen) atoms. The summed E-state index contributed by atoms with van der Waals surface area (Å²) in [4.78, 5) is 22.6. The summed E-state index contributed by atoms with van der Waals surface area (Å²) in [5.74, 6) is 1.55. The molecule has 0 aromatic carbocycles. The lowest BCUT2D eigenvalue weighted by atomic mass is 9.95. The van der Waals surface area contributed by atoms with Crippen molar-refractivity contribution in [2.45, 2.75) is 64.0 Å². The third-order valence-corrected chi connectivity index (χ3v) is 6.41. The number of aryl methyl sites for hydroxylation is 3. The second kappa shape index (κ2) is 9.82. The van der Waals surface area contributed by atoms with Crippen LogP contribution in [-0.4, -0.2) is 65.0 Å². The van der Waals surface area contributed by atoms with Crippen LogP contribution in [0.2, 0.25) is 0 Å². The number of unbranched alkanes of at least 4 members (excludes halogenated alkanes) is 1. The summed E-state index contributed by atoms with van der Waals surface area (Å²) in [6.45, 7) is 3.21. The van der Waals surface area contributed by atoms with Crippen molar-refractivity contribution < 1.29 is 14.3 Å². The number of hydrogen-bond donors (Lipinski definition) is 2.